The van der Waals surface area contributed by atoms with E-state index in [-0.39, 0.29) is 5.54 Å². The molecule has 4 heteroatoms. The van der Waals surface area contributed by atoms with Crippen LogP contribution >= 0.6 is 0 Å². The van der Waals surface area contributed by atoms with Crippen LogP contribution in [0.1, 0.15) is 25.7 Å². The predicted molar refractivity (Wildman–Crippen MR) is 62.1 cm³/mol. The summed E-state index contributed by atoms with van der Waals surface area (Å²) in [5, 5.41) is 6.86. The molecule has 0 unspecified atom stereocenters. The average Bonchev–Trinajstić information content (AvgIpc) is 3.14. The van der Waals surface area contributed by atoms with Crippen molar-refractivity contribution in [1.29, 1.82) is 0 Å². The van der Waals surface area contributed by atoms with Crippen LogP contribution < -0.4 is 10.6 Å². The first kappa shape index (κ1) is 10.5. The molecule has 1 aliphatic carbocycles. The molecular formula is C12H21N3O. The van der Waals surface area contributed by atoms with Gasteiger partial charge in [0.25, 0.3) is 0 Å². The summed E-state index contributed by atoms with van der Waals surface area (Å²) in [7, 11) is 0. The van der Waals surface area contributed by atoms with E-state index in [0.717, 1.165) is 58.4 Å². The number of hydrogen-bond acceptors (Lipinski definition) is 3. The standard InChI is InChI=1S/C12H21N3O/c16-11(10-1-2-10)15-8-7-14-9-12(15)3-5-13-6-4-12/h10,13-14H,1-9H2. The maximum Gasteiger partial charge on any atom is 0.226 e. The van der Waals surface area contributed by atoms with E-state index in [2.05, 4.69) is 15.5 Å². The van der Waals surface area contributed by atoms with Crippen molar-refractivity contribution in [2.75, 3.05) is 32.7 Å². The highest BCUT2D eigenvalue weighted by atomic mass is 16.2. The topological polar surface area (TPSA) is 44.4 Å². The number of rotatable bonds is 1. The van der Waals surface area contributed by atoms with E-state index in [1.807, 2.05) is 0 Å². The van der Waals surface area contributed by atoms with Gasteiger partial charge in [0, 0.05) is 25.6 Å². The molecular weight excluding hydrogens is 202 g/mol. The van der Waals surface area contributed by atoms with E-state index in [0.29, 0.717) is 11.8 Å². The zero-order valence-corrected chi connectivity index (χ0v) is 9.80. The van der Waals surface area contributed by atoms with E-state index in [4.69, 9.17) is 0 Å². The van der Waals surface area contributed by atoms with Gasteiger partial charge in [-0.05, 0) is 38.8 Å². The third-order valence-corrected chi connectivity index (χ3v) is 4.27. The molecule has 1 spiro atoms. The van der Waals surface area contributed by atoms with Gasteiger partial charge >= 0.3 is 0 Å². The van der Waals surface area contributed by atoms with E-state index in [9.17, 15) is 4.79 Å². The van der Waals surface area contributed by atoms with E-state index in [1.54, 1.807) is 0 Å². The third-order valence-electron chi connectivity index (χ3n) is 4.27. The van der Waals surface area contributed by atoms with Crippen LogP contribution in [0.5, 0.6) is 0 Å². The molecule has 2 N–H and O–H groups in total. The number of nitrogens with zero attached hydrogens (tertiary/aromatic N) is 1. The van der Waals surface area contributed by atoms with Crippen molar-refractivity contribution in [3.8, 4) is 0 Å². The van der Waals surface area contributed by atoms with Crippen LogP contribution in [0.4, 0.5) is 0 Å². The van der Waals surface area contributed by atoms with Crippen LogP contribution in [0.15, 0.2) is 0 Å². The second-order valence-corrected chi connectivity index (χ2v) is 5.42. The Bertz CT molecular complexity index is 274. The van der Waals surface area contributed by atoms with Crippen molar-refractivity contribution in [2.24, 2.45) is 5.92 Å². The van der Waals surface area contributed by atoms with Crippen LogP contribution in [0, 0.1) is 5.92 Å². The van der Waals surface area contributed by atoms with Crippen molar-refractivity contribution < 1.29 is 4.79 Å². The first-order valence-corrected chi connectivity index (χ1v) is 6.55. The van der Waals surface area contributed by atoms with Gasteiger partial charge in [0.15, 0.2) is 0 Å². The van der Waals surface area contributed by atoms with Gasteiger partial charge in [-0.15, -0.1) is 0 Å². The number of amides is 1. The number of piperazine rings is 1. The van der Waals surface area contributed by atoms with Crippen LogP contribution in [0.2, 0.25) is 0 Å². The largest absolute Gasteiger partial charge is 0.334 e. The summed E-state index contributed by atoms with van der Waals surface area (Å²) in [4.78, 5) is 14.5. The molecule has 1 saturated carbocycles. The van der Waals surface area contributed by atoms with Crippen molar-refractivity contribution >= 4 is 5.91 Å². The van der Waals surface area contributed by atoms with Crippen LogP contribution in [-0.4, -0.2) is 49.1 Å². The molecule has 16 heavy (non-hydrogen) atoms. The molecule has 0 radical (unpaired) electrons. The molecule has 0 aromatic carbocycles. The van der Waals surface area contributed by atoms with Gasteiger partial charge in [-0.1, -0.05) is 0 Å². The van der Waals surface area contributed by atoms with Gasteiger partial charge in [-0.3, -0.25) is 4.79 Å². The molecule has 3 aliphatic rings. The van der Waals surface area contributed by atoms with Gasteiger partial charge in [0.1, 0.15) is 0 Å². The van der Waals surface area contributed by atoms with Gasteiger partial charge in [-0.25, -0.2) is 0 Å². The van der Waals surface area contributed by atoms with E-state index in [1.165, 1.54) is 0 Å². The lowest BCUT2D eigenvalue weighted by atomic mass is 9.84. The van der Waals surface area contributed by atoms with Gasteiger partial charge < -0.3 is 15.5 Å². The Morgan fingerprint density at radius 2 is 1.88 bits per heavy atom. The lowest BCUT2D eigenvalue weighted by Crippen LogP contribution is -2.66. The lowest BCUT2D eigenvalue weighted by molar-refractivity contribution is -0.142. The zero-order valence-electron chi connectivity index (χ0n) is 9.80. The van der Waals surface area contributed by atoms with Crippen molar-refractivity contribution in [2.45, 2.75) is 31.2 Å². The summed E-state index contributed by atoms with van der Waals surface area (Å²) in [6.45, 7) is 4.97. The smallest absolute Gasteiger partial charge is 0.226 e. The normalized spacial score (nSPS) is 29.4. The number of carbonyl (C=O) groups excluding carboxylic acids is 1. The van der Waals surface area contributed by atoms with Crippen molar-refractivity contribution in [3.63, 3.8) is 0 Å². The first-order chi connectivity index (χ1) is 7.82. The summed E-state index contributed by atoms with van der Waals surface area (Å²) in [6.07, 6.45) is 4.46. The Balaban J connectivity index is 1.78. The van der Waals surface area contributed by atoms with Crippen LogP contribution in [-0.2, 0) is 4.79 Å². The summed E-state index contributed by atoms with van der Waals surface area (Å²) in [6, 6.07) is 0. The SMILES string of the molecule is O=C(C1CC1)N1CCNCC12CCNCC2. The molecule has 3 rings (SSSR count). The molecule has 90 valence electrons. The molecule has 2 heterocycles. The minimum atomic E-state index is 0.128. The van der Waals surface area contributed by atoms with Gasteiger partial charge in [0.2, 0.25) is 5.91 Å². The fourth-order valence-corrected chi connectivity index (χ4v) is 3.08. The molecule has 0 bridgehead atoms. The second-order valence-electron chi connectivity index (χ2n) is 5.42. The summed E-state index contributed by atoms with van der Waals surface area (Å²) < 4.78 is 0. The molecule has 2 aliphatic heterocycles. The maximum atomic E-state index is 12.3. The fraction of sp³-hybridized carbons (Fsp3) is 0.917. The van der Waals surface area contributed by atoms with Gasteiger partial charge in [0.05, 0.1) is 5.54 Å². The number of carbonyl (C=O) groups is 1. The van der Waals surface area contributed by atoms with E-state index >= 15 is 0 Å². The van der Waals surface area contributed by atoms with Gasteiger partial charge in [-0.2, -0.15) is 0 Å². The second kappa shape index (κ2) is 4.00. The predicted octanol–water partition coefficient (Wildman–Crippen LogP) is -0.0496. The van der Waals surface area contributed by atoms with E-state index < -0.39 is 0 Å². The minimum Gasteiger partial charge on any atom is -0.334 e. The Kier molecular flexibility index (Phi) is 2.64. The Morgan fingerprint density at radius 3 is 2.56 bits per heavy atom. The Hall–Kier alpha value is -0.610. The summed E-state index contributed by atoms with van der Waals surface area (Å²) >= 11 is 0. The zero-order chi connectivity index (χ0) is 11.0. The molecule has 0 atom stereocenters. The minimum absolute atomic E-state index is 0.128. The summed E-state index contributed by atoms with van der Waals surface area (Å²) in [5.74, 6) is 0.799. The lowest BCUT2D eigenvalue weighted by Gasteiger charge is -2.50. The monoisotopic (exact) mass is 223 g/mol. The highest BCUT2D eigenvalue weighted by molar-refractivity contribution is 5.82. The first-order valence-electron chi connectivity index (χ1n) is 6.55. The third kappa shape index (κ3) is 1.74. The van der Waals surface area contributed by atoms with Crippen molar-refractivity contribution in [3.05, 3.63) is 0 Å². The summed E-state index contributed by atoms with van der Waals surface area (Å²) in [5.41, 5.74) is 0.128. The number of nitrogens with one attached hydrogen (secondary N) is 2. The van der Waals surface area contributed by atoms with Crippen molar-refractivity contribution in [1.82, 2.24) is 15.5 Å². The highest BCUT2D eigenvalue weighted by Gasteiger charge is 2.45. The Morgan fingerprint density at radius 1 is 1.12 bits per heavy atom. The van der Waals surface area contributed by atoms with Crippen LogP contribution in [0.3, 0.4) is 0 Å². The molecule has 2 saturated heterocycles. The quantitative estimate of drug-likeness (QED) is 0.655. The molecule has 1 amide bonds. The average molecular weight is 223 g/mol. The number of hydrogen-bond donors (Lipinski definition) is 2. The fourth-order valence-electron chi connectivity index (χ4n) is 3.08. The highest BCUT2D eigenvalue weighted by Crippen LogP contribution is 2.36. The van der Waals surface area contributed by atoms with Crippen LogP contribution in [0.25, 0.3) is 0 Å². The molecule has 4 nitrogen and oxygen atoms in total. The maximum absolute atomic E-state index is 12.3. The molecule has 3 fully saturated rings. The number of piperidine rings is 1. The Labute approximate surface area is 96.8 Å². The molecule has 0 aromatic rings. The molecule has 0 aromatic heterocycles.